The highest BCUT2D eigenvalue weighted by molar-refractivity contribution is 5.70. The van der Waals surface area contributed by atoms with E-state index < -0.39 is 17.4 Å². The molecule has 51 heavy (non-hydrogen) atoms. The normalized spacial score (nSPS) is 12.6. The van der Waals surface area contributed by atoms with E-state index in [2.05, 4.69) is 0 Å². The number of ether oxygens (including phenoxy) is 4. The Morgan fingerprint density at radius 1 is 0.529 bits per heavy atom. The fourth-order valence-electron chi connectivity index (χ4n) is 5.74. The molecule has 0 radical (unpaired) electrons. The maximum atomic E-state index is 13.0. The second-order valence-corrected chi connectivity index (χ2v) is 17.7. The predicted molar refractivity (Wildman–Crippen MR) is 196 cm³/mol. The number of aromatic hydroxyl groups is 2. The second-order valence-electron chi connectivity index (χ2n) is 17.7. The molecule has 284 valence electrons. The lowest BCUT2D eigenvalue weighted by atomic mass is 9.78. The van der Waals surface area contributed by atoms with E-state index in [1.807, 2.05) is 107 Å². The quantitative estimate of drug-likeness (QED) is 0.104. The van der Waals surface area contributed by atoms with Gasteiger partial charge in [0.15, 0.2) is 0 Å². The molecule has 0 unspecified atom stereocenters. The summed E-state index contributed by atoms with van der Waals surface area (Å²) in [7, 11) is 0. The summed E-state index contributed by atoms with van der Waals surface area (Å²) in [5.74, 6) is -0.610. The highest BCUT2D eigenvalue weighted by Gasteiger charge is 2.37. The van der Waals surface area contributed by atoms with Gasteiger partial charge in [-0.2, -0.15) is 0 Å². The first-order chi connectivity index (χ1) is 23.3. The lowest BCUT2D eigenvalue weighted by Crippen LogP contribution is -2.42. The Morgan fingerprint density at radius 3 is 1.04 bits per heavy atom. The van der Waals surface area contributed by atoms with E-state index >= 15 is 0 Å². The van der Waals surface area contributed by atoms with Gasteiger partial charge >= 0.3 is 11.9 Å². The topological polar surface area (TPSA) is 146 Å². The Kier molecular flexibility index (Phi) is 14.3. The molecule has 0 aliphatic rings. The zero-order valence-electron chi connectivity index (χ0n) is 32.8. The van der Waals surface area contributed by atoms with Gasteiger partial charge in [0, 0.05) is 12.8 Å². The van der Waals surface area contributed by atoms with Crippen molar-refractivity contribution in [1.82, 2.24) is 0 Å². The smallest absolute Gasteiger partial charge is 0.306 e. The van der Waals surface area contributed by atoms with Crippen LogP contribution in [0.25, 0.3) is 0 Å². The molecule has 0 saturated carbocycles. The Balaban J connectivity index is 2.20. The molecule has 0 amide bonds. The maximum absolute atomic E-state index is 13.0. The Labute approximate surface area is 304 Å². The van der Waals surface area contributed by atoms with Gasteiger partial charge < -0.3 is 29.2 Å². The Morgan fingerprint density at radius 2 is 0.804 bits per heavy atom. The van der Waals surface area contributed by atoms with E-state index in [9.17, 15) is 29.4 Å². The van der Waals surface area contributed by atoms with Gasteiger partial charge in [-0.25, -0.2) is 0 Å². The Hall–Kier alpha value is -4.08. The summed E-state index contributed by atoms with van der Waals surface area (Å²) in [5.41, 5.74) is 2.20. The first-order valence-electron chi connectivity index (χ1n) is 17.5. The predicted octanol–water partition coefficient (Wildman–Crippen LogP) is 7.27. The van der Waals surface area contributed by atoms with E-state index in [1.165, 1.54) is 0 Å². The number of aryl methyl sites for hydroxylation is 2. The largest absolute Gasteiger partial charge is 0.507 e. The molecule has 0 saturated heterocycles. The average molecular weight is 713 g/mol. The van der Waals surface area contributed by atoms with Gasteiger partial charge in [-0.1, -0.05) is 107 Å². The van der Waals surface area contributed by atoms with Gasteiger partial charge in [-0.3, -0.25) is 19.2 Å². The maximum Gasteiger partial charge on any atom is 0.306 e. The number of phenols is 2. The molecule has 0 heterocycles. The third-order valence-electron chi connectivity index (χ3n) is 8.80. The van der Waals surface area contributed by atoms with Crippen molar-refractivity contribution in [3.63, 3.8) is 0 Å². The molecule has 0 bridgehead atoms. The highest BCUT2D eigenvalue weighted by Crippen LogP contribution is 2.41. The lowest BCUT2D eigenvalue weighted by Gasteiger charge is -2.30. The summed E-state index contributed by atoms with van der Waals surface area (Å²) in [6.07, 6.45) is 0.704. The molecular formula is C41H60O10. The van der Waals surface area contributed by atoms with Crippen LogP contribution in [0.15, 0.2) is 24.3 Å². The van der Waals surface area contributed by atoms with Crippen molar-refractivity contribution >= 4 is 24.9 Å². The summed E-state index contributed by atoms with van der Waals surface area (Å²) in [6, 6.07) is 7.62. The summed E-state index contributed by atoms with van der Waals surface area (Å²) < 4.78 is 21.3. The van der Waals surface area contributed by atoms with Crippen LogP contribution in [0.2, 0.25) is 0 Å². The minimum Gasteiger partial charge on any atom is -0.507 e. The molecule has 0 aliphatic carbocycles. The van der Waals surface area contributed by atoms with Gasteiger partial charge in [-0.15, -0.1) is 0 Å². The molecule has 0 atom stereocenters. The highest BCUT2D eigenvalue weighted by atomic mass is 16.6. The number of benzene rings is 2. The van der Waals surface area contributed by atoms with Crippen LogP contribution in [0, 0.1) is 5.41 Å². The molecule has 0 aromatic heterocycles. The van der Waals surface area contributed by atoms with Crippen molar-refractivity contribution in [2.45, 2.75) is 130 Å². The molecule has 10 nitrogen and oxygen atoms in total. The van der Waals surface area contributed by atoms with Crippen LogP contribution >= 0.6 is 0 Å². The van der Waals surface area contributed by atoms with Crippen molar-refractivity contribution in [1.29, 1.82) is 0 Å². The van der Waals surface area contributed by atoms with Crippen molar-refractivity contribution in [2.75, 3.05) is 26.4 Å². The fraction of sp³-hybridized carbons (Fsp3) is 0.610. The van der Waals surface area contributed by atoms with Crippen LogP contribution in [0.4, 0.5) is 0 Å². The number of carbonyl (C=O) groups is 4. The van der Waals surface area contributed by atoms with Crippen LogP contribution in [0.5, 0.6) is 11.5 Å². The third-order valence-corrected chi connectivity index (χ3v) is 8.80. The van der Waals surface area contributed by atoms with Crippen LogP contribution in [-0.4, -0.2) is 61.5 Å². The molecule has 0 spiro atoms. The zero-order chi connectivity index (χ0) is 39.0. The molecule has 10 heteroatoms. The number of esters is 2. The summed E-state index contributed by atoms with van der Waals surface area (Å²) >= 11 is 0. The lowest BCUT2D eigenvalue weighted by molar-refractivity contribution is -0.164. The van der Waals surface area contributed by atoms with Crippen LogP contribution in [0.1, 0.15) is 129 Å². The van der Waals surface area contributed by atoms with Crippen LogP contribution in [-0.2, 0) is 72.6 Å². The minimum absolute atomic E-state index is 0.0105. The van der Waals surface area contributed by atoms with Crippen molar-refractivity contribution in [2.24, 2.45) is 5.41 Å². The van der Waals surface area contributed by atoms with Crippen molar-refractivity contribution in [3.05, 3.63) is 57.6 Å². The van der Waals surface area contributed by atoms with Crippen LogP contribution in [0.3, 0.4) is 0 Å². The molecule has 2 rings (SSSR count). The molecule has 2 aromatic carbocycles. The second kappa shape index (κ2) is 17.0. The molecule has 2 aromatic rings. The molecule has 0 aliphatic heterocycles. The number of carbonyl (C=O) groups excluding carboxylic acids is 4. The van der Waals surface area contributed by atoms with Gasteiger partial charge in [0.2, 0.25) is 0 Å². The Bertz CT molecular complexity index is 1340. The van der Waals surface area contributed by atoms with Crippen molar-refractivity contribution in [3.8, 4) is 11.5 Å². The van der Waals surface area contributed by atoms with Gasteiger partial charge in [0.1, 0.15) is 43.3 Å². The van der Waals surface area contributed by atoms with Crippen molar-refractivity contribution < 1.29 is 48.3 Å². The van der Waals surface area contributed by atoms with Gasteiger partial charge in [-0.05, 0) is 67.9 Å². The van der Waals surface area contributed by atoms with E-state index in [1.54, 1.807) is 0 Å². The minimum atomic E-state index is -1.35. The first-order valence-corrected chi connectivity index (χ1v) is 17.5. The number of hydrogen-bond donors (Lipinski definition) is 2. The molecule has 2 N–H and O–H groups in total. The third kappa shape index (κ3) is 12.6. The zero-order valence-corrected chi connectivity index (χ0v) is 32.8. The number of phenolic OH excluding ortho intramolecular Hbond substituents is 2. The SMILES string of the molecule is CC(C)(C)c1cc(CCC(=O)OCC(COC=O)(COC=O)COC(=O)CCc2cc(C(C)(C)C)c(O)c(C(C)(C)C)c2)cc(C(C)(C)C)c1O. The monoisotopic (exact) mass is 712 g/mol. The van der Waals surface area contributed by atoms with E-state index in [0.717, 1.165) is 33.4 Å². The number of rotatable bonds is 16. The summed E-state index contributed by atoms with van der Waals surface area (Å²) in [6.45, 7) is 23.2. The first kappa shape index (κ1) is 43.1. The van der Waals surface area contributed by atoms with Gasteiger partial charge in [0.25, 0.3) is 12.9 Å². The van der Waals surface area contributed by atoms with E-state index in [-0.39, 0.29) is 85.4 Å². The van der Waals surface area contributed by atoms with E-state index in [0.29, 0.717) is 12.8 Å². The van der Waals surface area contributed by atoms with E-state index in [4.69, 9.17) is 18.9 Å². The fourth-order valence-corrected chi connectivity index (χ4v) is 5.74. The number of hydrogen-bond acceptors (Lipinski definition) is 10. The molecule has 0 fully saturated rings. The summed E-state index contributed by atoms with van der Waals surface area (Å²) in [4.78, 5) is 48.4. The molecular weight excluding hydrogens is 652 g/mol. The van der Waals surface area contributed by atoms with Gasteiger partial charge in [0.05, 0.1) is 0 Å². The summed E-state index contributed by atoms with van der Waals surface area (Å²) in [5, 5.41) is 22.1. The van der Waals surface area contributed by atoms with Crippen LogP contribution < -0.4 is 0 Å². The standard InChI is InChI=1S/C41H60O10/c1-37(2,3)29-17-27(18-30(35(29)46)38(4,5)6)13-15-33(44)50-23-41(21-48-25-42,22-49-26-43)24-51-34(45)16-14-28-19-31(39(7,8)9)36(47)32(20-28)40(10,11)12/h17-20,25-26,46-47H,13-16,21-24H2,1-12H3. The average Bonchev–Trinajstić information content (AvgIpc) is 3.00.